The van der Waals surface area contributed by atoms with Crippen molar-refractivity contribution in [1.29, 1.82) is 0 Å². The van der Waals surface area contributed by atoms with Gasteiger partial charge in [-0.25, -0.2) is 0 Å². The number of aromatic nitrogens is 1. The topological polar surface area (TPSA) is 58.9 Å². The number of pyridine rings is 1. The molecule has 3 N–H and O–H groups in total. The minimum absolute atomic E-state index is 0.0932. The molecule has 3 nitrogen and oxygen atoms in total. The van der Waals surface area contributed by atoms with Crippen LogP contribution in [0.1, 0.15) is 12.0 Å². The van der Waals surface area contributed by atoms with Crippen molar-refractivity contribution in [3.63, 3.8) is 0 Å². The molecule has 4 heteroatoms. The van der Waals surface area contributed by atoms with Gasteiger partial charge < -0.3 is 10.7 Å². The molecular formula is C12H13ClN2O. The largest absolute Gasteiger partial charge is 0.399 e. The zero-order valence-corrected chi connectivity index (χ0v) is 9.55. The average molecular weight is 237 g/mol. The predicted molar refractivity (Wildman–Crippen MR) is 68.0 cm³/mol. The van der Waals surface area contributed by atoms with Crippen LogP contribution in [0.25, 0.3) is 10.9 Å². The van der Waals surface area contributed by atoms with Crippen molar-refractivity contribution < 1.29 is 0 Å². The van der Waals surface area contributed by atoms with Crippen LogP contribution in [0.15, 0.2) is 29.1 Å². The van der Waals surface area contributed by atoms with Crippen LogP contribution in [0, 0.1) is 0 Å². The molecule has 1 aromatic heterocycles. The lowest BCUT2D eigenvalue weighted by molar-refractivity contribution is 0.933. The Bertz CT molecular complexity index is 562. The van der Waals surface area contributed by atoms with E-state index < -0.39 is 0 Å². The summed E-state index contributed by atoms with van der Waals surface area (Å²) >= 11 is 5.67. The average Bonchev–Trinajstić information content (AvgIpc) is 2.26. The maximum Gasteiger partial charge on any atom is 0.248 e. The maximum atomic E-state index is 11.3. The summed E-state index contributed by atoms with van der Waals surface area (Å²) in [7, 11) is 0. The summed E-state index contributed by atoms with van der Waals surface area (Å²) in [4.78, 5) is 14.1. The van der Waals surface area contributed by atoms with E-state index in [1.54, 1.807) is 6.07 Å². The molecule has 0 radical (unpaired) electrons. The standard InChI is InChI=1S/C12H13ClN2O/c13-5-1-2-8-6-10(14)7-9-3-4-11(16)15-12(8)9/h3-4,6-7H,1-2,5,14H2,(H,15,16). The SMILES string of the molecule is Nc1cc(CCCCl)c2[nH]c(=O)ccc2c1. The number of H-pyrrole nitrogens is 1. The van der Waals surface area contributed by atoms with Gasteiger partial charge in [-0.2, -0.15) is 0 Å². The molecule has 0 saturated heterocycles. The number of hydrogen-bond acceptors (Lipinski definition) is 2. The second kappa shape index (κ2) is 4.58. The van der Waals surface area contributed by atoms with E-state index in [1.807, 2.05) is 12.1 Å². The summed E-state index contributed by atoms with van der Waals surface area (Å²) in [6, 6.07) is 7.04. The lowest BCUT2D eigenvalue weighted by Crippen LogP contribution is -2.05. The van der Waals surface area contributed by atoms with Crippen molar-refractivity contribution in [2.24, 2.45) is 0 Å². The Morgan fingerprint density at radius 2 is 2.12 bits per heavy atom. The maximum absolute atomic E-state index is 11.3. The lowest BCUT2D eigenvalue weighted by Gasteiger charge is -2.07. The molecule has 2 rings (SSSR count). The Hall–Kier alpha value is -1.48. The van der Waals surface area contributed by atoms with Crippen LogP contribution in [-0.4, -0.2) is 10.9 Å². The predicted octanol–water partition coefficient (Wildman–Crippen LogP) is 2.28. The number of halogens is 1. The molecule has 0 spiro atoms. The smallest absolute Gasteiger partial charge is 0.248 e. The summed E-state index contributed by atoms with van der Waals surface area (Å²) < 4.78 is 0. The summed E-state index contributed by atoms with van der Waals surface area (Å²) in [5, 5.41) is 0.962. The molecule has 0 aliphatic heterocycles. The molecule has 0 bridgehead atoms. The van der Waals surface area contributed by atoms with E-state index in [2.05, 4.69) is 4.98 Å². The first-order valence-corrected chi connectivity index (χ1v) is 5.71. The van der Waals surface area contributed by atoms with Crippen LogP contribution in [0.2, 0.25) is 0 Å². The third-order valence-electron chi connectivity index (χ3n) is 2.52. The van der Waals surface area contributed by atoms with Gasteiger partial charge in [0.15, 0.2) is 0 Å². The van der Waals surface area contributed by atoms with Crippen LogP contribution in [0.4, 0.5) is 5.69 Å². The molecule has 16 heavy (non-hydrogen) atoms. The first-order valence-electron chi connectivity index (χ1n) is 5.18. The molecule has 1 heterocycles. The monoisotopic (exact) mass is 236 g/mol. The van der Waals surface area contributed by atoms with Crippen molar-refractivity contribution in [2.75, 3.05) is 11.6 Å². The van der Waals surface area contributed by atoms with Crippen LogP contribution in [0.5, 0.6) is 0 Å². The molecule has 0 aliphatic carbocycles. The van der Waals surface area contributed by atoms with Crippen LogP contribution in [0.3, 0.4) is 0 Å². The third-order valence-corrected chi connectivity index (χ3v) is 2.78. The number of alkyl halides is 1. The van der Waals surface area contributed by atoms with Gasteiger partial charge in [0, 0.05) is 23.0 Å². The molecular weight excluding hydrogens is 224 g/mol. The van der Waals surface area contributed by atoms with Gasteiger partial charge in [-0.1, -0.05) is 0 Å². The molecule has 0 unspecified atom stereocenters. The highest BCUT2D eigenvalue weighted by Gasteiger charge is 2.03. The van der Waals surface area contributed by atoms with Gasteiger partial charge in [0.25, 0.3) is 0 Å². The van der Waals surface area contributed by atoms with E-state index in [0.717, 1.165) is 29.3 Å². The number of nitrogen functional groups attached to an aromatic ring is 1. The van der Waals surface area contributed by atoms with Crippen molar-refractivity contribution in [3.8, 4) is 0 Å². The first-order chi connectivity index (χ1) is 7.70. The Labute approximate surface area is 98.2 Å². The second-order valence-electron chi connectivity index (χ2n) is 3.76. The van der Waals surface area contributed by atoms with Crippen LogP contribution >= 0.6 is 11.6 Å². The van der Waals surface area contributed by atoms with Gasteiger partial charge in [-0.3, -0.25) is 4.79 Å². The van der Waals surface area contributed by atoms with E-state index in [9.17, 15) is 4.79 Å². The highest BCUT2D eigenvalue weighted by molar-refractivity contribution is 6.17. The number of aromatic amines is 1. The van der Waals surface area contributed by atoms with E-state index in [-0.39, 0.29) is 5.56 Å². The molecule has 2 aromatic rings. The summed E-state index contributed by atoms with van der Waals surface area (Å²) in [6.07, 6.45) is 1.70. The summed E-state index contributed by atoms with van der Waals surface area (Å²) in [6.45, 7) is 0. The van der Waals surface area contributed by atoms with Crippen molar-refractivity contribution in [1.82, 2.24) is 4.98 Å². The number of aryl methyl sites for hydroxylation is 1. The normalized spacial score (nSPS) is 10.8. The zero-order chi connectivity index (χ0) is 11.5. The fraction of sp³-hybridized carbons (Fsp3) is 0.250. The minimum Gasteiger partial charge on any atom is -0.399 e. The van der Waals surface area contributed by atoms with Crippen molar-refractivity contribution in [2.45, 2.75) is 12.8 Å². The molecule has 1 aromatic carbocycles. The van der Waals surface area contributed by atoms with Crippen LogP contribution < -0.4 is 11.3 Å². The highest BCUT2D eigenvalue weighted by Crippen LogP contribution is 2.20. The number of benzene rings is 1. The number of hydrogen-bond donors (Lipinski definition) is 2. The van der Waals surface area contributed by atoms with E-state index in [1.165, 1.54) is 6.07 Å². The number of rotatable bonds is 3. The lowest BCUT2D eigenvalue weighted by atomic mass is 10.0. The first kappa shape index (κ1) is 11.0. The Morgan fingerprint density at radius 3 is 2.88 bits per heavy atom. The molecule has 0 aliphatic rings. The molecule has 0 fully saturated rings. The van der Waals surface area contributed by atoms with E-state index in [4.69, 9.17) is 17.3 Å². The minimum atomic E-state index is -0.0932. The number of nitrogens with two attached hydrogens (primary N) is 1. The number of fused-ring (bicyclic) bond motifs is 1. The van der Waals surface area contributed by atoms with E-state index in [0.29, 0.717) is 11.6 Å². The second-order valence-corrected chi connectivity index (χ2v) is 4.14. The number of nitrogens with one attached hydrogen (secondary N) is 1. The molecule has 0 amide bonds. The third kappa shape index (κ3) is 2.19. The van der Waals surface area contributed by atoms with Gasteiger partial charge in [0.2, 0.25) is 5.56 Å². The number of anilines is 1. The Morgan fingerprint density at radius 1 is 1.31 bits per heavy atom. The molecule has 0 atom stereocenters. The molecule has 0 saturated carbocycles. The summed E-state index contributed by atoms with van der Waals surface area (Å²) in [5.74, 6) is 0.605. The van der Waals surface area contributed by atoms with Gasteiger partial charge >= 0.3 is 0 Å². The zero-order valence-electron chi connectivity index (χ0n) is 8.79. The Balaban J connectivity index is 2.60. The van der Waals surface area contributed by atoms with E-state index >= 15 is 0 Å². The van der Waals surface area contributed by atoms with Gasteiger partial charge in [0.05, 0.1) is 5.52 Å². The quantitative estimate of drug-likeness (QED) is 0.635. The fourth-order valence-corrected chi connectivity index (χ4v) is 1.95. The summed E-state index contributed by atoms with van der Waals surface area (Å²) in [5.41, 5.74) is 8.35. The molecule has 84 valence electrons. The van der Waals surface area contributed by atoms with Gasteiger partial charge in [0.1, 0.15) is 0 Å². The van der Waals surface area contributed by atoms with Gasteiger partial charge in [-0.05, 0) is 36.6 Å². The highest BCUT2D eigenvalue weighted by atomic mass is 35.5. The van der Waals surface area contributed by atoms with Crippen molar-refractivity contribution >= 4 is 28.2 Å². The van der Waals surface area contributed by atoms with Gasteiger partial charge in [-0.15, -0.1) is 11.6 Å². The van der Waals surface area contributed by atoms with Crippen LogP contribution in [-0.2, 0) is 6.42 Å². The fourth-order valence-electron chi connectivity index (χ4n) is 1.82. The Kier molecular flexibility index (Phi) is 3.15. The van der Waals surface area contributed by atoms with Crippen molar-refractivity contribution in [3.05, 3.63) is 40.2 Å².